The fourth-order valence-electron chi connectivity index (χ4n) is 4.19. The van der Waals surface area contributed by atoms with Crippen molar-refractivity contribution in [3.8, 4) is 17.2 Å². The van der Waals surface area contributed by atoms with E-state index in [9.17, 15) is 4.79 Å². The fourth-order valence-corrected chi connectivity index (χ4v) is 4.19. The minimum atomic E-state index is -0.493. The molecule has 0 saturated carbocycles. The Balaban J connectivity index is 1.48. The number of amides is 1. The second kappa shape index (κ2) is 10.9. The van der Waals surface area contributed by atoms with Gasteiger partial charge >= 0.3 is 0 Å². The molecule has 1 aliphatic carbocycles. The first-order valence-electron chi connectivity index (χ1n) is 11.8. The van der Waals surface area contributed by atoms with Crippen molar-refractivity contribution in [2.45, 2.75) is 38.6 Å². The Morgan fingerprint density at radius 1 is 1.23 bits per heavy atom. The lowest BCUT2D eigenvalue weighted by Gasteiger charge is -2.23. The van der Waals surface area contributed by atoms with Crippen LogP contribution in [0.15, 0.2) is 72.7 Å². The number of anilines is 1. The summed E-state index contributed by atoms with van der Waals surface area (Å²) in [7, 11) is 1.88. The maximum absolute atomic E-state index is 13.4. The summed E-state index contributed by atoms with van der Waals surface area (Å²) in [6, 6.07) is 11.1. The zero-order valence-electron chi connectivity index (χ0n) is 20.3. The largest absolute Gasteiger partial charge is 0.309 e. The summed E-state index contributed by atoms with van der Waals surface area (Å²) in [4.78, 5) is 17.9. The van der Waals surface area contributed by atoms with E-state index in [1.807, 2.05) is 56.6 Å². The molecule has 2 heterocycles. The number of carbonyl (C=O) groups is 1. The number of rotatable bonds is 8. The summed E-state index contributed by atoms with van der Waals surface area (Å²) in [5.41, 5.74) is 5.71. The van der Waals surface area contributed by atoms with E-state index in [1.165, 1.54) is 0 Å². The average Bonchev–Trinajstić information content (AvgIpc) is 3.30. The predicted octanol–water partition coefficient (Wildman–Crippen LogP) is 4.64. The first-order valence-corrected chi connectivity index (χ1v) is 11.8. The van der Waals surface area contributed by atoms with E-state index in [0.717, 1.165) is 40.7 Å². The number of aryl methyl sites for hydroxylation is 2. The van der Waals surface area contributed by atoms with E-state index in [1.54, 1.807) is 17.1 Å². The number of hydrogen-bond donors (Lipinski definition) is 2. The fraction of sp³-hybridized carbons (Fsp3) is 0.286. The molecule has 3 aromatic rings. The van der Waals surface area contributed by atoms with Crippen molar-refractivity contribution >= 4 is 11.7 Å². The van der Waals surface area contributed by atoms with Gasteiger partial charge in [0.2, 0.25) is 5.91 Å². The number of nitrogens with one attached hydrogen (secondary N) is 2. The van der Waals surface area contributed by atoms with Crippen molar-refractivity contribution in [2.75, 3.05) is 11.9 Å². The molecule has 0 radical (unpaired) electrons. The third-order valence-corrected chi connectivity index (χ3v) is 6.23. The quantitative estimate of drug-likeness (QED) is 0.504. The number of carbonyl (C=O) groups excluding carboxylic acids is 1. The number of allylic oxidation sites excluding steroid dienone is 2. The minimum absolute atomic E-state index is 0.143. The van der Waals surface area contributed by atoms with Gasteiger partial charge in [0, 0.05) is 37.1 Å². The monoisotopic (exact) mass is 466 g/mol. The van der Waals surface area contributed by atoms with Gasteiger partial charge in [-0.2, -0.15) is 10.4 Å². The number of hydrogen-bond acceptors (Lipinski definition) is 5. The van der Waals surface area contributed by atoms with E-state index in [0.29, 0.717) is 17.9 Å². The van der Waals surface area contributed by atoms with Crippen LogP contribution in [0.4, 0.5) is 5.82 Å². The topological polar surface area (TPSA) is 95.6 Å². The Morgan fingerprint density at radius 2 is 2.03 bits per heavy atom. The summed E-state index contributed by atoms with van der Waals surface area (Å²) in [6.45, 7) is 4.72. The van der Waals surface area contributed by atoms with E-state index in [-0.39, 0.29) is 11.8 Å². The lowest BCUT2D eigenvalue weighted by Crippen LogP contribution is -2.43. The smallest absolute Gasteiger partial charge is 0.247 e. The highest BCUT2D eigenvalue weighted by Crippen LogP contribution is 2.24. The Hall–Kier alpha value is -4.02. The third-order valence-electron chi connectivity index (χ3n) is 6.23. The van der Waals surface area contributed by atoms with Gasteiger partial charge in [-0.25, -0.2) is 4.98 Å². The van der Waals surface area contributed by atoms with Gasteiger partial charge < -0.3 is 10.6 Å². The highest BCUT2D eigenvalue weighted by molar-refractivity contribution is 5.97. The van der Waals surface area contributed by atoms with Crippen LogP contribution >= 0.6 is 0 Å². The van der Waals surface area contributed by atoms with Crippen LogP contribution in [0.5, 0.6) is 0 Å². The second-order valence-corrected chi connectivity index (χ2v) is 8.94. The maximum Gasteiger partial charge on any atom is 0.247 e. The zero-order valence-corrected chi connectivity index (χ0v) is 20.3. The van der Waals surface area contributed by atoms with Gasteiger partial charge in [-0.3, -0.25) is 9.48 Å². The van der Waals surface area contributed by atoms with Crippen molar-refractivity contribution in [3.05, 3.63) is 89.4 Å². The molecule has 35 heavy (non-hydrogen) atoms. The van der Waals surface area contributed by atoms with Crippen LogP contribution in [-0.4, -0.2) is 33.3 Å². The van der Waals surface area contributed by atoms with Crippen LogP contribution in [0.25, 0.3) is 11.1 Å². The third kappa shape index (κ3) is 5.92. The first-order chi connectivity index (χ1) is 16.9. The van der Waals surface area contributed by atoms with Gasteiger partial charge in [0.25, 0.3) is 0 Å². The van der Waals surface area contributed by atoms with Gasteiger partial charge in [0.1, 0.15) is 11.9 Å². The van der Waals surface area contributed by atoms with E-state index in [4.69, 9.17) is 5.26 Å². The molecule has 2 atom stereocenters. The molecule has 7 nitrogen and oxygen atoms in total. The number of aromatic nitrogens is 3. The summed E-state index contributed by atoms with van der Waals surface area (Å²) in [5.74, 6) is 0.550. The molecule has 2 N–H and O–H groups in total. The SMILES string of the molecule is Cc1cc(NC(=O)C(NCC(C)c2ccc(C#N)cc2)C2=CCCC=C2)ncc1-c1cnn(C)c1. The molecule has 0 bridgehead atoms. The minimum Gasteiger partial charge on any atom is -0.309 e. The molecule has 0 saturated heterocycles. The summed E-state index contributed by atoms with van der Waals surface area (Å²) < 4.78 is 1.75. The highest BCUT2D eigenvalue weighted by atomic mass is 16.2. The van der Waals surface area contributed by atoms with Crippen molar-refractivity contribution in [2.24, 2.45) is 7.05 Å². The molecule has 7 heteroatoms. The summed E-state index contributed by atoms with van der Waals surface area (Å²) >= 11 is 0. The molecule has 0 spiro atoms. The highest BCUT2D eigenvalue weighted by Gasteiger charge is 2.23. The van der Waals surface area contributed by atoms with Crippen molar-refractivity contribution in [1.29, 1.82) is 5.26 Å². The molecule has 0 fully saturated rings. The molecule has 4 rings (SSSR count). The Morgan fingerprint density at radius 3 is 2.66 bits per heavy atom. The van der Waals surface area contributed by atoms with Gasteiger partial charge in [-0.1, -0.05) is 37.3 Å². The molecule has 1 amide bonds. The number of benzene rings is 1. The molecular formula is C28H30N6O. The summed E-state index contributed by atoms with van der Waals surface area (Å²) in [5, 5.41) is 19.7. The van der Waals surface area contributed by atoms with Gasteiger partial charge in [-0.05, 0) is 60.6 Å². The molecule has 2 unspecified atom stereocenters. The standard InChI is InChI=1S/C28H30N6O/c1-19-13-26(30-17-25(19)24-16-32-34(3)18-24)33-28(35)27(23-7-5-4-6-8-23)31-15-20(2)22-11-9-21(14-29)10-12-22/h5,7-13,16-18,20,27,31H,4,6,15H2,1-3H3,(H,30,33,35). The van der Waals surface area contributed by atoms with Crippen LogP contribution in [0.1, 0.15) is 42.4 Å². The molecule has 1 aromatic carbocycles. The van der Waals surface area contributed by atoms with E-state index >= 15 is 0 Å². The van der Waals surface area contributed by atoms with Gasteiger partial charge in [0.05, 0.1) is 17.8 Å². The lowest BCUT2D eigenvalue weighted by molar-refractivity contribution is -0.117. The van der Waals surface area contributed by atoms with Gasteiger partial charge in [-0.15, -0.1) is 0 Å². The van der Waals surface area contributed by atoms with Crippen molar-refractivity contribution < 1.29 is 4.79 Å². The van der Waals surface area contributed by atoms with Gasteiger partial charge in [0.15, 0.2) is 0 Å². The molecule has 178 valence electrons. The van der Waals surface area contributed by atoms with Crippen LogP contribution < -0.4 is 10.6 Å². The van der Waals surface area contributed by atoms with E-state index < -0.39 is 6.04 Å². The normalized spacial score (nSPS) is 14.6. The predicted molar refractivity (Wildman–Crippen MR) is 138 cm³/mol. The first kappa shape index (κ1) is 24.1. The summed E-state index contributed by atoms with van der Waals surface area (Å²) in [6.07, 6.45) is 13.7. The average molecular weight is 467 g/mol. The lowest BCUT2D eigenvalue weighted by atomic mass is 9.96. The Kier molecular flexibility index (Phi) is 7.54. The number of nitrogens with zero attached hydrogens (tertiary/aromatic N) is 4. The zero-order chi connectivity index (χ0) is 24.8. The molecule has 1 aliphatic rings. The maximum atomic E-state index is 13.4. The number of pyridine rings is 1. The number of nitriles is 1. The van der Waals surface area contributed by atoms with Crippen LogP contribution in [0.2, 0.25) is 0 Å². The van der Waals surface area contributed by atoms with Crippen LogP contribution in [0.3, 0.4) is 0 Å². The molecular weight excluding hydrogens is 436 g/mol. The van der Waals surface area contributed by atoms with Crippen molar-refractivity contribution in [1.82, 2.24) is 20.1 Å². The molecule has 0 aliphatic heterocycles. The Labute approximate surface area is 206 Å². The Bertz CT molecular complexity index is 1300. The van der Waals surface area contributed by atoms with Crippen LogP contribution in [-0.2, 0) is 11.8 Å². The second-order valence-electron chi connectivity index (χ2n) is 8.94. The molecule has 2 aromatic heterocycles. The van der Waals surface area contributed by atoms with Crippen LogP contribution in [0, 0.1) is 18.3 Å². The van der Waals surface area contributed by atoms with E-state index in [2.05, 4.69) is 45.9 Å². The van der Waals surface area contributed by atoms with Crippen molar-refractivity contribution in [3.63, 3.8) is 0 Å².